The lowest BCUT2D eigenvalue weighted by Gasteiger charge is -2.47. The van der Waals surface area contributed by atoms with Crippen LogP contribution in [-0.4, -0.2) is 183 Å². The highest BCUT2D eigenvalue weighted by Gasteiger charge is 2.52. The maximum absolute atomic E-state index is 11.8. The van der Waals surface area contributed by atoms with Crippen molar-refractivity contribution in [2.75, 3.05) is 33.5 Å². The van der Waals surface area contributed by atoms with Crippen LogP contribution in [0.3, 0.4) is 0 Å². The van der Waals surface area contributed by atoms with Gasteiger partial charge in [0, 0.05) is 20.0 Å². The van der Waals surface area contributed by atoms with E-state index in [0.29, 0.717) is 12.8 Å². The summed E-state index contributed by atoms with van der Waals surface area (Å²) in [6.45, 7) is -0.770. The minimum Gasteiger partial charge on any atom is -0.469 e. The molecule has 3 aliphatic heterocycles. The SMILES string of the molecule is COC(=O)CCCCCCCCO[C@H]1O[C@H](CO[C@@H]2O[C@H](CO)[C@@H](O)[C@H](O)[C@@H]2O[C@@H]2O[C@H](CO)[C@@H](O)[C@H](O)[C@@H]2NC(C)=O)[C@@H](O)[C@H](O)[C@@H]1O. The summed E-state index contributed by atoms with van der Waals surface area (Å²) in [5, 5.41) is 95.8. The van der Waals surface area contributed by atoms with Crippen molar-refractivity contribution in [2.45, 2.75) is 144 Å². The van der Waals surface area contributed by atoms with Gasteiger partial charge in [0.2, 0.25) is 5.91 Å². The Balaban J connectivity index is 1.61. The van der Waals surface area contributed by atoms with E-state index in [1.165, 1.54) is 7.11 Å². The number of nitrogens with one attached hydrogen (secondary N) is 1. The highest BCUT2D eigenvalue weighted by Crippen LogP contribution is 2.31. The van der Waals surface area contributed by atoms with Crippen LogP contribution in [0.25, 0.3) is 0 Å². The summed E-state index contributed by atoms with van der Waals surface area (Å²) in [6.07, 6.45) is -16.9. The molecular formula is C30H53NO18. The standard InChI is InChI=1S/C30H53NO18/c1-14(34)31-19-23(39)20(36)15(11-32)46-28(19)49-27-25(41)21(37)16(12-33)47-30(27)45-13-17-22(38)24(40)26(42)29(48-17)44-10-8-6-4-3-5-7-9-18(35)43-2/h15-17,19-30,32-33,36-42H,3-13H2,1-2H3,(H,31,34)/t15-,16-,17-,19+,20-,21-,22-,23-,24+,25+,26+,27+,28+,29+,30-/m1/s1. The smallest absolute Gasteiger partial charge is 0.305 e. The van der Waals surface area contributed by atoms with E-state index in [0.717, 1.165) is 39.0 Å². The van der Waals surface area contributed by atoms with Gasteiger partial charge in [0.05, 0.1) is 26.9 Å². The molecule has 19 nitrogen and oxygen atoms in total. The number of hydrogen-bond donors (Lipinski definition) is 10. The second-order valence-electron chi connectivity index (χ2n) is 12.4. The Labute approximate surface area is 283 Å². The van der Waals surface area contributed by atoms with Crippen molar-refractivity contribution >= 4 is 11.9 Å². The highest BCUT2D eigenvalue weighted by atomic mass is 16.8. The van der Waals surface area contributed by atoms with E-state index in [4.69, 9.17) is 28.4 Å². The van der Waals surface area contributed by atoms with E-state index in [1.807, 2.05) is 0 Å². The van der Waals surface area contributed by atoms with Crippen molar-refractivity contribution in [2.24, 2.45) is 0 Å². The maximum Gasteiger partial charge on any atom is 0.305 e. The van der Waals surface area contributed by atoms with Gasteiger partial charge in [-0.05, 0) is 12.8 Å². The molecule has 49 heavy (non-hydrogen) atoms. The number of amides is 1. The molecule has 0 spiro atoms. The topological polar surface area (TPSA) is 293 Å². The van der Waals surface area contributed by atoms with Gasteiger partial charge in [-0.1, -0.05) is 25.7 Å². The number of carbonyl (C=O) groups excluding carboxylic acids is 2. The van der Waals surface area contributed by atoms with Crippen LogP contribution in [0.15, 0.2) is 0 Å². The lowest BCUT2D eigenvalue weighted by atomic mass is 9.95. The molecule has 0 aliphatic carbocycles. The van der Waals surface area contributed by atoms with Gasteiger partial charge < -0.3 is 84.4 Å². The van der Waals surface area contributed by atoms with Gasteiger partial charge in [0.15, 0.2) is 18.9 Å². The first-order valence-electron chi connectivity index (χ1n) is 16.5. The summed E-state index contributed by atoms with van der Waals surface area (Å²) in [5.41, 5.74) is 0. The Morgan fingerprint density at radius 2 is 1.18 bits per heavy atom. The summed E-state index contributed by atoms with van der Waals surface area (Å²) >= 11 is 0. The lowest BCUT2D eigenvalue weighted by Crippen LogP contribution is -2.67. The molecule has 3 heterocycles. The van der Waals surface area contributed by atoms with E-state index < -0.39 is 118 Å². The van der Waals surface area contributed by atoms with Crippen LogP contribution >= 0.6 is 0 Å². The van der Waals surface area contributed by atoms with Crippen molar-refractivity contribution in [3.63, 3.8) is 0 Å². The van der Waals surface area contributed by atoms with Crippen LogP contribution in [0.1, 0.15) is 51.9 Å². The Bertz CT molecular complexity index is 995. The van der Waals surface area contributed by atoms with Crippen molar-refractivity contribution < 1.29 is 88.7 Å². The first-order chi connectivity index (χ1) is 23.3. The summed E-state index contributed by atoms with van der Waals surface area (Å²) in [6, 6.07) is -1.42. The van der Waals surface area contributed by atoms with Crippen LogP contribution < -0.4 is 5.32 Å². The Kier molecular flexibility index (Phi) is 17.4. The molecule has 0 bridgehead atoms. The number of hydrogen-bond acceptors (Lipinski definition) is 18. The normalized spacial score (nSPS) is 39.8. The van der Waals surface area contributed by atoms with Crippen LogP contribution in [0.4, 0.5) is 0 Å². The average Bonchev–Trinajstić information content (AvgIpc) is 3.08. The number of esters is 1. The molecule has 286 valence electrons. The molecule has 1 amide bonds. The van der Waals surface area contributed by atoms with Crippen molar-refractivity contribution in [1.29, 1.82) is 0 Å². The number of aliphatic hydroxyl groups is 9. The van der Waals surface area contributed by atoms with E-state index >= 15 is 0 Å². The molecule has 0 radical (unpaired) electrons. The van der Waals surface area contributed by atoms with E-state index in [-0.39, 0.29) is 12.6 Å². The van der Waals surface area contributed by atoms with Crippen LogP contribution in [0, 0.1) is 0 Å². The number of aliphatic hydroxyl groups excluding tert-OH is 9. The van der Waals surface area contributed by atoms with Crippen molar-refractivity contribution in [1.82, 2.24) is 5.32 Å². The molecule has 3 fully saturated rings. The third kappa shape index (κ3) is 11.4. The van der Waals surface area contributed by atoms with Crippen molar-refractivity contribution in [3.05, 3.63) is 0 Å². The third-order valence-electron chi connectivity index (χ3n) is 8.74. The molecule has 19 heteroatoms. The van der Waals surface area contributed by atoms with Crippen LogP contribution in [-0.2, 0) is 42.7 Å². The fraction of sp³-hybridized carbons (Fsp3) is 0.933. The molecule has 0 aromatic carbocycles. The molecule has 0 aromatic heterocycles. The van der Waals surface area contributed by atoms with E-state index in [2.05, 4.69) is 10.1 Å². The Morgan fingerprint density at radius 3 is 1.80 bits per heavy atom. The highest BCUT2D eigenvalue weighted by molar-refractivity contribution is 5.73. The zero-order valence-electron chi connectivity index (χ0n) is 27.6. The quantitative estimate of drug-likeness (QED) is 0.0472. The predicted octanol–water partition coefficient (Wildman–Crippen LogP) is -4.50. The van der Waals surface area contributed by atoms with Gasteiger partial charge in [0.25, 0.3) is 0 Å². The van der Waals surface area contributed by atoms with Crippen LogP contribution in [0.2, 0.25) is 0 Å². The molecule has 0 unspecified atom stereocenters. The third-order valence-corrected chi connectivity index (χ3v) is 8.74. The fourth-order valence-corrected chi connectivity index (χ4v) is 5.84. The van der Waals surface area contributed by atoms with Gasteiger partial charge >= 0.3 is 5.97 Å². The zero-order valence-corrected chi connectivity index (χ0v) is 27.6. The second-order valence-corrected chi connectivity index (χ2v) is 12.4. The minimum absolute atomic E-state index is 0.163. The second kappa shape index (κ2) is 20.4. The number of methoxy groups -OCH3 is 1. The minimum atomic E-state index is -1.82. The first-order valence-corrected chi connectivity index (χ1v) is 16.5. The number of rotatable bonds is 18. The van der Waals surface area contributed by atoms with Gasteiger partial charge in [-0.15, -0.1) is 0 Å². The predicted molar refractivity (Wildman–Crippen MR) is 161 cm³/mol. The van der Waals surface area contributed by atoms with Crippen molar-refractivity contribution in [3.8, 4) is 0 Å². The van der Waals surface area contributed by atoms with E-state index in [9.17, 15) is 55.5 Å². The van der Waals surface area contributed by atoms with Gasteiger partial charge in [0.1, 0.15) is 73.2 Å². The number of carbonyl (C=O) groups is 2. The van der Waals surface area contributed by atoms with E-state index in [1.54, 1.807) is 0 Å². The van der Waals surface area contributed by atoms with Gasteiger partial charge in [-0.2, -0.15) is 0 Å². The summed E-state index contributed by atoms with van der Waals surface area (Å²) in [5.74, 6) is -0.886. The lowest BCUT2D eigenvalue weighted by molar-refractivity contribution is -0.363. The Morgan fingerprint density at radius 1 is 0.633 bits per heavy atom. The molecule has 3 saturated heterocycles. The largest absolute Gasteiger partial charge is 0.469 e. The maximum atomic E-state index is 11.8. The monoisotopic (exact) mass is 715 g/mol. The molecule has 0 aromatic rings. The summed E-state index contributed by atoms with van der Waals surface area (Å²) in [4.78, 5) is 23.0. The molecule has 15 atom stereocenters. The molecule has 0 saturated carbocycles. The molecular weight excluding hydrogens is 662 g/mol. The molecule has 10 N–H and O–H groups in total. The number of unbranched alkanes of at least 4 members (excludes halogenated alkanes) is 5. The Hall–Kier alpha value is -1.66. The zero-order chi connectivity index (χ0) is 36.2. The molecule has 3 rings (SSSR count). The summed E-state index contributed by atoms with van der Waals surface area (Å²) < 4.78 is 38.7. The summed E-state index contributed by atoms with van der Waals surface area (Å²) in [7, 11) is 1.35. The fourth-order valence-electron chi connectivity index (χ4n) is 5.84. The first kappa shape index (κ1) is 41.8. The van der Waals surface area contributed by atoms with Gasteiger partial charge in [-0.25, -0.2) is 0 Å². The molecule has 3 aliphatic rings. The van der Waals surface area contributed by atoms with Gasteiger partial charge in [-0.3, -0.25) is 9.59 Å². The van der Waals surface area contributed by atoms with Crippen LogP contribution in [0.5, 0.6) is 0 Å². The number of ether oxygens (including phenoxy) is 7. The average molecular weight is 716 g/mol.